The predicted octanol–water partition coefficient (Wildman–Crippen LogP) is 2.28. The number of ether oxygens (including phenoxy) is 1. The molecule has 0 aromatic carbocycles. The Bertz CT molecular complexity index is 471. The van der Waals surface area contributed by atoms with Crippen molar-refractivity contribution in [2.45, 2.75) is 71.9 Å². The Morgan fingerprint density at radius 2 is 1.74 bits per heavy atom. The van der Waals surface area contributed by atoms with Crippen molar-refractivity contribution in [3.63, 3.8) is 0 Å². The molecule has 156 valence electrons. The van der Waals surface area contributed by atoms with Crippen LogP contribution < -0.4 is 5.32 Å². The van der Waals surface area contributed by atoms with Gasteiger partial charge < -0.3 is 15.0 Å². The molecule has 2 fully saturated rings. The zero-order valence-electron chi connectivity index (χ0n) is 17.7. The fourth-order valence-corrected chi connectivity index (χ4v) is 4.67. The lowest BCUT2D eigenvalue weighted by molar-refractivity contribution is -0.130. The molecule has 2 atom stereocenters. The lowest BCUT2D eigenvalue weighted by Gasteiger charge is -2.39. The summed E-state index contributed by atoms with van der Waals surface area (Å²) >= 11 is 0. The summed E-state index contributed by atoms with van der Waals surface area (Å²) in [4.78, 5) is 29.5. The van der Waals surface area contributed by atoms with Crippen molar-refractivity contribution in [1.29, 1.82) is 0 Å². The van der Waals surface area contributed by atoms with E-state index in [0.29, 0.717) is 31.5 Å². The van der Waals surface area contributed by atoms with E-state index in [1.54, 1.807) is 0 Å². The second-order valence-corrected chi connectivity index (χ2v) is 7.95. The number of nitrogens with zero attached hydrogens (tertiary/aromatic N) is 2. The van der Waals surface area contributed by atoms with E-state index in [1.165, 1.54) is 0 Å². The molecule has 0 spiro atoms. The summed E-state index contributed by atoms with van der Waals surface area (Å²) in [7, 11) is 0. The summed E-state index contributed by atoms with van der Waals surface area (Å²) in [6.07, 6.45) is 4.47. The minimum absolute atomic E-state index is 0.0426. The van der Waals surface area contributed by atoms with Gasteiger partial charge in [0, 0.05) is 44.7 Å². The molecule has 2 unspecified atom stereocenters. The molecule has 27 heavy (non-hydrogen) atoms. The van der Waals surface area contributed by atoms with Gasteiger partial charge in [-0.2, -0.15) is 0 Å². The van der Waals surface area contributed by atoms with Crippen molar-refractivity contribution in [1.82, 2.24) is 15.1 Å². The molecule has 2 amide bonds. The molecule has 2 aliphatic heterocycles. The minimum atomic E-state index is -0.204. The number of nitrogens with one attached hydrogen (secondary N) is 1. The highest BCUT2D eigenvalue weighted by Crippen LogP contribution is 2.24. The average Bonchev–Trinajstić information content (AvgIpc) is 3.08. The number of morpholine rings is 1. The third kappa shape index (κ3) is 5.67. The molecule has 2 heterocycles. The molecule has 0 aromatic rings. The van der Waals surface area contributed by atoms with Crippen LogP contribution in [-0.2, 0) is 14.3 Å². The predicted molar refractivity (Wildman–Crippen MR) is 107 cm³/mol. The van der Waals surface area contributed by atoms with E-state index in [9.17, 15) is 9.59 Å². The first-order valence-corrected chi connectivity index (χ1v) is 10.9. The Labute approximate surface area is 165 Å². The Kier molecular flexibility index (Phi) is 9.03. The standard InChI is InChI=1S/C21H39N3O3/c1-5-16(6-2)19(23-9-11-27-12-10-23)14-22-21(26)17-13-20(25)24(15-17)18(7-3)8-4/h16-19H,5-15H2,1-4H3,(H,22,26). The highest BCUT2D eigenvalue weighted by molar-refractivity contribution is 5.89. The van der Waals surface area contributed by atoms with Gasteiger partial charge in [0.1, 0.15) is 0 Å². The third-order valence-electron chi connectivity index (χ3n) is 6.51. The first-order chi connectivity index (χ1) is 13.0. The van der Waals surface area contributed by atoms with Crippen LogP contribution in [0, 0.1) is 11.8 Å². The maximum absolute atomic E-state index is 12.8. The molecule has 6 heteroatoms. The smallest absolute Gasteiger partial charge is 0.225 e. The highest BCUT2D eigenvalue weighted by atomic mass is 16.5. The van der Waals surface area contributed by atoms with Gasteiger partial charge >= 0.3 is 0 Å². The van der Waals surface area contributed by atoms with Crippen molar-refractivity contribution in [2.24, 2.45) is 11.8 Å². The average molecular weight is 382 g/mol. The Morgan fingerprint density at radius 1 is 1.11 bits per heavy atom. The Morgan fingerprint density at radius 3 is 2.30 bits per heavy atom. The van der Waals surface area contributed by atoms with Crippen molar-refractivity contribution in [3.05, 3.63) is 0 Å². The topological polar surface area (TPSA) is 61.9 Å². The number of hydrogen-bond donors (Lipinski definition) is 1. The fraction of sp³-hybridized carbons (Fsp3) is 0.905. The SMILES string of the molecule is CCC(CC)C(CNC(=O)C1CC(=O)N(C(CC)CC)C1)N1CCOCC1. The number of carbonyl (C=O) groups excluding carboxylic acids is 2. The van der Waals surface area contributed by atoms with Crippen LogP contribution >= 0.6 is 0 Å². The largest absolute Gasteiger partial charge is 0.379 e. The van der Waals surface area contributed by atoms with Crippen molar-refractivity contribution in [3.8, 4) is 0 Å². The second-order valence-electron chi connectivity index (χ2n) is 7.95. The van der Waals surface area contributed by atoms with Gasteiger partial charge in [-0.05, 0) is 18.8 Å². The molecule has 1 N–H and O–H groups in total. The second kappa shape index (κ2) is 11.0. The van der Waals surface area contributed by atoms with Gasteiger partial charge in [0.2, 0.25) is 11.8 Å². The van der Waals surface area contributed by atoms with Gasteiger partial charge in [0.15, 0.2) is 0 Å². The van der Waals surface area contributed by atoms with Gasteiger partial charge in [0.25, 0.3) is 0 Å². The van der Waals surface area contributed by atoms with Gasteiger partial charge in [-0.25, -0.2) is 0 Å². The molecule has 2 rings (SSSR count). The van der Waals surface area contributed by atoms with Gasteiger partial charge in [-0.1, -0.05) is 40.5 Å². The van der Waals surface area contributed by atoms with E-state index < -0.39 is 0 Å². The molecule has 0 aromatic heterocycles. The quantitative estimate of drug-likeness (QED) is 0.631. The molecule has 0 aliphatic carbocycles. The Hall–Kier alpha value is -1.14. The maximum atomic E-state index is 12.8. The van der Waals surface area contributed by atoms with Crippen molar-refractivity contribution < 1.29 is 14.3 Å². The number of rotatable bonds is 10. The van der Waals surface area contributed by atoms with Crippen LogP contribution in [-0.4, -0.2) is 73.1 Å². The van der Waals surface area contributed by atoms with E-state index in [4.69, 9.17) is 4.74 Å². The first-order valence-electron chi connectivity index (χ1n) is 10.9. The zero-order valence-corrected chi connectivity index (χ0v) is 17.7. The molecule has 2 aliphatic rings. The van der Waals surface area contributed by atoms with Crippen molar-refractivity contribution >= 4 is 11.8 Å². The van der Waals surface area contributed by atoms with Gasteiger partial charge in [-0.15, -0.1) is 0 Å². The summed E-state index contributed by atoms with van der Waals surface area (Å²) in [6.45, 7) is 13.3. The van der Waals surface area contributed by atoms with Crippen LogP contribution in [0.25, 0.3) is 0 Å². The van der Waals surface area contributed by atoms with Crippen LogP contribution in [0.3, 0.4) is 0 Å². The van der Waals surface area contributed by atoms with Crippen LogP contribution in [0.4, 0.5) is 0 Å². The lowest BCUT2D eigenvalue weighted by atomic mass is 9.92. The highest BCUT2D eigenvalue weighted by Gasteiger charge is 2.37. The molecule has 0 bridgehead atoms. The van der Waals surface area contributed by atoms with Crippen molar-refractivity contribution in [2.75, 3.05) is 39.4 Å². The fourth-order valence-electron chi connectivity index (χ4n) is 4.67. The van der Waals surface area contributed by atoms with Crippen LogP contribution in [0.2, 0.25) is 0 Å². The summed E-state index contributed by atoms with van der Waals surface area (Å²) < 4.78 is 5.50. The van der Waals surface area contributed by atoms with Crippen LogP contribution in [0.15, 0.2) is 0 Å². The van der Waals surface area contributed by atoms with E-state index >= 15 is 0 Å². The molecular formula is C21H39N3O3. The third-order valence-corrected chi connectivity index (χ3v) is 6.51. The monoisotopic (exact) mass is 381 g/mol. The summed E-state index contributed by atoms with van der Waals surface area (Å²) in [5.41, 5.74) is 0. The molecule has 2 saturated heterocycles. The van der Waals surface area contributed by atoms with E-state index in [-0.39, 0.29) is 23.8 Å². The normalized spacial score (nSPS) is 22.7. The summed E-state index contributed by atoms with van der Waals surface area (Å²) in [5.74, 6) is 0.536. The molecule has 6 nitrogen and oxygen atoms in total. The number of amides is 2. The Balaban J connectivity index is 1.93. The van der Waals surface area contributed by atoms with E-state index in [2.05, 4.69) is 37.9 Å². The molecular weight excluding hydrogens is 342 g/mol. The summed E-state index contributed by atoms with van der Waals surface area (Å²) in [5, 5.41) is 3.19. The minimum Gasteiger partial charge on any atom is -0.379 e. The number of likely N-dealkylation sites (tertiary alicyclic amines) is 1. The van der Waals surface area contributed by atoms with Gasteiger partial charge in [0.05, 0.1) is 19.1 Å². The van der Waals surface area contributed by atoms with Crippen LogP contribution in [0.5, 0.6) is 0 Å². The lowest BCUT2D eigenvalue weighted by Crippen LogP contribution is -2.52. The maximum Gasteiger partial charge on any atom is 0.225 e. The number of carbonyl (C=O) groups is 2. The number of hydrogen-bond acceptors (Lipinski definition) is 4. The van der Waals surface area contributed by atoms with Crippen LogP contribution in [0.1, 0.15) is 59.8 Å². The van der Waals surface area contributed by atoms with E-state index in [1.807, 2.05) is 4.90 Å². The van der Waals surface area contributed by atoms with Gasteiger partial charge in [-0.3, -0.25) is 14.5 Å². The molecule has 0 saturated carbocycles. The zero-order chi connectivity index (χ0) is 19.8. The molecule has 0 radical (unpaired) electrons. The van der Waals surface area contributed by atoms with E-state index in [0.717, 1.165) is 52.0 Å². The first kappa shape index (κ1) is 22.2. The summed E-state index contributed by atoms with van der Waals surface area (Å²) in [6, 6.07) is 0.612.